The summed E-state index contributed by atoms with van der Waals surface area (Å²) in [5.74, 6) is 1.93. The Balaban J connectivity index is 1.08. The van der Waals surface area contributed by atoms with Crippen LogP contribution in [0.25, 0.3) is 111 Å². The molecule has 0 aliphatic heterocycles. The Morgan fingerprint density at radius 1 is 0.310 bits per heavy atom. The summed E-state index contributed by atoms with van der Waals surface area (Å²) in [4.78, 5) is 15.0. The van der Waals surface area contributed by atoms with Crippen LogP contribution in [0.15, 0.2) is 200 Å². The van der Waals surface area contributed by atoms with Crippen molar-refractivity contribution in [2.75, 3.05) is 0 Å². The van der Waals surface area contributed by atoms with Crippen molar-refractivity contribution in [1.29, 1.82) is 0 Å². The summed E-state index contributed by atoms with van der Waals surface area (Å²) in [7, 11) is 0. The first kappa shape index (κ1) is 32.4. The molecule has 0 saturated carbocycles. The van der Waals surface area contributed by atoms with Gasteiger partial charge in [0, 0.05) is 49.3 Å². The van der Waals surface area contributed by atoms with Gasteiger partial charge < -0.3 is 8.97 Å². The molecular formula is C53H33N5. The molecule has 0 spiro atoms. The highest BCUT2D eigenvalue weighted by molar-refractivity contribution is 6.28. The first-order valence-electron chi connectivity index (χ1n) is 19.6. The minimum atomic E-state index is 0.635. The number of aromatic nitrogens is 5. The van der Waals surface area contributed by atoms with E-state index >= 15 is 0 Å². The van der Waals surface area contributed by atoms with Crippen molar-refractivity contribution in [2.45, 2.75) is 0 Å². The van der Waals surface area contributed by atoms with Gasteiger partial charge >= 0.3 is 0 Å². The van der Waals surface area contributed by atoms with Gasteiger partial charge in [0.2, 0.25) is 0 Å². The average molecular weight is 740 g/mol. The van der Waals surface area contributed by atoms with Gasteiger partial charge in [-0.25, -0.2) is 15.0 Å². The van der Waals surface area contributed by atoms with E-state index in [0.29, 0.717) is 17.5 Å². The molecule has 270 valence electrons. The van der Waals surface area contributed by atoms with Crippen LogP contribution in [0, 0.1) is 0 Å². The molecule has 12 rings (SSSR count). The van der Waals surface area contributed by atoms with Crippen molar-refractivity contribution in [3.05, 3.63) is 200 Å². The molecule has 5 nitrogen and oxygen atoms in total. The van der Waals surface area contributed by atoms with Crippen LogP contribution in [0.4, 0.5) is 0 Å². The van der Waals surface area contributed by atoms with Crippen molar-refractivity contribution in [3.63, 3.8) is 0 Å². The maximum atomic E-state index is 5.02. The number of hydrogen-bond donors (Lipinski definition) is 0. The molecule has 4 heterocycles. The SMILES string of the molecule is c1ccc(-c2nc(-c3ccccc3)nc(-c3cccc(-c4cccc(-n5c6ccccc6c6ccc7c8ccccc8n8c9ccccc9cc8c7c65)c4)c3)n2)cc1. The van der Waals surface area contributed by atoms with E-state index in [2.05, 4.69) is 148 Å². The number of hydrogen-bond acceptors (Lipinski definition) is 3. The molecular weight excluding hydrogens is 707 g/mol. The zero-order chi connectivity index (χ0) is 38.2. The quantitative estimate of drug-likeness (QED) is 0.165. The van der Waals surface area contributed by atoms with Crippen LogP contribution in [0.5, 0.6) is 0 Å². The second-order valence-electron chi connectivity index (χ2n) is 14.8. The number of pyridine rings is 1. The third-order valence-corrected chi connectivity index (χ3v) is 11.5. The average Bonchev–Trinajstić information content (AvgIpc) is 3.86. The molecule has 4 aromatic heterocycles. The molecule has 0 aliphatic carbocycles. The molecule has 0 fully saturated rings. The van der Waals surface area contributed by atoms with Gasteiger partial charge in [-0.2, -0.15) is 0 Å². The number of benzene rings is 8. The Bertz CT molecular complexity index is 3510. The van der Waals surface area contributed by atoms with E-state index in [4.69, 9.17) is 15.0 Å². The van der Waals surface area contributed by atoms with Crippen molar-refractivity contribution in [2.24, 2.45) is 0 Å². The van der Waals surface area contributed by atoms with Crippen molar-refractivity contribution >= 4 is 59.9 Å². The van der Waals surface area contributed by atoms with Gasteiger partial charge in [-0.05, 0) is 59.0 Å². The van der Waals surface area contributed by atoms with E-state index in [9.17, 15) is 0 Å². The molecule has 8 aromatic carbocycles. The minimum absolute atomic E-state index is 0.635. The Morgan fingerprint density at radius 2 is 0.828 bits per heavy atom. The van der Waals surface area contributed by atoms with Crippen LogP contribution < -0.4 is 0 Å². The molecule has 0 unspecified atom stereocenters. The fourth-order valence-electron chi connectivity index (χ4n) is 8.90. The maximum Gasteiger partial charge on any atom is 0.164 e. The smallest absolute Gasteiger partial charge is 0.164 e. The van der Waals surface area contributed by atoms with Crippen LogP contribution in [0.2, 0.25) is 0 Å². The van der Waals surface area contributed by atoms with Crippen LogP contribution in [0.3, 0.4) is 0 Å². The van der Waals surface area contributed by atoms with Gasteiger partial charge in [0.15, 0.2) is 17.5 Å². The molecule has 5 heteroatoms. The molecule has 0 radical (unpaired) electrons. The van der Waals surface area contributed by atoms with Gasteiger partial charge in [-0.3, -0.25) is 0 Å². The number of para-hydroxylation sites is 3. The highest BCUT2D eigenvalue weighted by atomic mass is 15.0. The van der Waals surface area contributed by atoms with Crippen LogP contribution in [-0.4, -0.2) is 23.9 Å². The van der Waals surface area contributed by atoms with Gasteiger partial charge in [-0.15, -0.1) is 0 Å². The van der Waals surface area contributed by atoms with Crippen molar-refractivity contribution < 1.29 is 0 Å². The molecule has 0 bridgehead atoms. The lowest BCUT2D eigenvalue weighted by atomic mass is 10.0. The fourth-order valence-corrected chi connectivity index (χ4v) is 8.90. The maximum absolute atomic E-state index is 5.02. The number of fused-ring (bicyclic) bond motifs is 12. The third kappa shape index (κ3) is 5.00. The molecule has 58 heavy (non-hydrogen) atoms. The second kappa shape index (κ2) is 12.8. The van der Waals surface area contributed by atoms with Gasteiger partial charge in [0.05, 0.1) is 27.6 Å². The summed E-state index contributed by atoms with van der Waals surface area (Å²) in [6.07, 6.45) is 0. The predicted molar refractivity (Wildman–Crippen MR) is 239 cm³/mol. The largest absolute Gasteiger partial charge is 0.309 e. The minimum Gasteiger partial charge on any atom is -0.309 e. The van der Waals surface area contributed by atoms with Gasteiger partial charge in [0.1, 0.15) is 0 Å². The Kier molecular flexibility index (Phi) is 7.16. The van der Waals surface area contributed by atoms with Gasteiger partial charge in [-0.1, -0.05) is 158 Å². The Labute approximate surface area is 333 Å². The van der Waals surface area contributed by atoms with Crippen LogP contribution in [0.1, 0.15) is 0 Å². The Morgan fingerprint density at radius 3 is 1.55 bits per heavy atom. The third-order valence-electron chi connectivity index (χ3n) is 11.5. The summed E-state index contributed by atoms with van der Waals surface area (Å²) >= 11 is 0. The number of nitrogens with zero attached hydrogens (tertiary/aromatic N) is 5. The summed E-state index contributed by atoms with van der Waals surface area (Å²) in [6.45, 7) is 0. The predicted octanol–water partition coefficient (Wildman–Crippen LogP) is 13.3. The first-order chi connectivity index (χ1) is 28.8. The van der Waals surface area contributed by atoms with E-state index in [1.807, 2.05) is 60.7 Å². The second-order valence-corrected chi connectivity index (χ2v) is 14.8. The summed E-state index contributed by atoms with van der Waals surface area (Å²) < 4.78 is 4.92. The summed E-state index contributed by atoms with van der Waals surface area (Å²) in [5, 5.41) is 7.41. The van der Waals surface area contributed by atoms with Crippen molar-refractivity contribution in [3.8, 4) is 51.0 Å². The van der Waals surface area contributed by atoms with E-state index in [-0.39, 0.29) is 0 Å². The van der Waals surface area contributed by atoms with Gasteiger partial charge in [0.25, 0.3) is 0 Å². The summed E-state index contributed by atoms with van der Waals surface area (Å²) in [6, 6.07) is 71.0. The summed E-state index contributed by atoms with van der Waals surface area (Å²) in [5.41, 5.74) is 12.1. The normalized spacial score (nSPS) is 11.8. The molecule has 0 amide bonds. The Hall–Kier alpha value is -7.89. The lowest BCUT2D eigenvalue weighted by Gasteiger charge is -2.15. The topological polar surface area (TPSA) is 48.0 Å². The fraction of sp³-hybridized carbons (Fsp3) is 0. The van der Waals surface area contributed by atoms with E-state index < -0.39 is 0 Å². The molecule has 0 atom stereocenters. The zero-order valence-corrected chi connectivity index (χ0v) is 31.3. The lowest BCUT2D eigenvalue weighted by molar-refractivity contribution is 1.07. The first-order valence-corrected chi connectivity index (χ1v) is 19.6. The zero-order valence-electron chi connectivity index (χ0n) is 31.3. The highest BCUT2D eigenvalue weighted by Gasteiger charge is 2.21. The highest BCUT2D eigenvalue weighted by Crippen LogP contribution is 2.43. The lowest BCUT2D eigenvalue weighted by Crippen LogP contribution is -2.00. The van der Waals surface area contributed by atoms with E-state index in [0.717, 1.165) is 33.5 Å². The van der Waals surface area contributed by atoms with E-state index in [1.165, 1.54) is 59.9 Å². The monoisotopic (exact) mass is 739 g/mol. The molecule has 0 N–H and O–H groups in total. The van der Waals surface area contributed by atoms with Crippen molar-refractivity contribution in [1.82, 2.24) is 23.9 Å². The van der Waals surface area contributed by atoms with Crippen LogP contribution >= 0.6 is 0 Å². The van der Waals surface area contributed by atoms with E-state index in [1.54, 1.807) is 0 Å². The van der Waals surface area contributed by atoms with Crippen LogP contribution in [-0.2, 0) is 0 Å². The molecule has 12 aromatic rings. The molecule has 0 aliphatic rings. The standard InChI is InChI=1S/C53H33N5/c1-3-15-34(16-4-1)51-54-52(35-17-5-2-6-18-35)56-53(55-51)39-22-13-20-36(31-39)37-21-14-23-40(32-37)57-46-27-11-9-25-42(46)44-30-29-43-41-24-8-12-28-47(41)58-45-26-10-7-19-38(45)33-48(58)49(43)50(44)57/h1-33H. The number of rotatable bonds is 5. The molecule has 0 saturated heterocycles.